The van der Waals surface area contributed by atoms with E-state index in [4.69, 9.17) is 5.11 Å². The van der Waals surface area contributed by atoms with Crippen molar-refractivity contribution in [3.8, 4) is 0 Å². The molecule has 3 heteroatoms. The number of aliphatic hydroxyl groups is 1. The second-order valence-electron chi connectivity index (χ2n) is 6.37. The summed E-state index contributed by atoms with van der Waals surface area (Å²) in [5.41, 5.74) is 0. The third-order valence-corrected chi connectivity index (χ3v) is 4.59. The van der Waals surface area contributed by atoms with Crippen molar-refractivity contribution in [3.05, 3.63) is 0 Å². The molecule has 0 atom stereocenters. The van der Waals surface area contributed by atoms with Crippen molar-refractivity contribution in [1.29, 1.82) is 0 Å². The van der Waals surface area contributed by atoms with Gasteiger partial charge in [0.15, 0.2) is 0 Å². The third-order valence-electron chi connectivity index (χ3n) is 4.59. The van der Waals surface area contributed by atoms with Gasteiger partial charge in [0.05, 0.1) is 0 Å². The highest BCUT2D eigenvalue weighted by atomic mass is 16.2. The van der Waals surface area contributed by atoms with Crippen molar-refractivity contribution < 1.29 is 5.11 Å². The van der Waals surface area contributed by atoms with Crippen molar-refractivity contribution in [3.63, 3.8) is 0 Å². The molecule has 2 aliphatic rings. The molecule has 106 valence electrons. The highest BCUT2D eigenvalue weighted by Crippen LogP contribution is 2.33. The maximum absolute atomic E-state index is 8.75. The Morgan fingerprint density at radius 1 is 0.944 bits per heavy atom. The smallest absolute Gasteiger partial charge is 0.0431 e. The summed E-state index contributed by atoms with van der Waals surface area (Å²) in [6.07, 6.45) is 6.32. The molecule has 3 nitrogen and oxygen atoms in total. The first kappa shape index (κ1) is 14.3. The Kier molecular flexibility index (Phi) is 5.93. The van der Waals surface area contributed by atoms with Crippen LogP contribution in [0.15, 0.2) is 0 Å². The minimum absolute atomic E-state index is 0.355. The van der Waals surface area contributed by atoms with Gasteiger partial charge in [0.25, 0.3) is 0 Å². The first-order valence-electron chi connectivity index (χ1n) is 7.83. The van der Waals surface area contributed by atoms with E-state index in [0.29, 0.717) is 6.61 Å². The number of unbranched alkanes of at least 4 members (excludes halogenated alkanes) is 2. The van der Waals surface area contributed by atoms with Crippen molar-refractivity contribution in [2.45, 2.75) is 39.0 Å². The molecule has 1 N–H and O–H groups in total. The minimum atomic E-state index is 0.355. The van der Waals surface area contributed by atoms with Crippen molar-refractivity contribution in [2.24, 2.45) is 11.8 Å². The number of rotatable bonds is 7. The molecular weight excluding hydrogens is 224 g/mol. The number of aliphatic hydroxyl groups excluding tert-OH is 1. The van der Waals surface area contributed by atoms with Crippen LogP contribution >= 0.6 is 0 Å². The van der Waals surface area contributed by atoms with Gasteiger partial charge in [0.1, 0.15) is 0 Å². The largest absolute Gasteiger partial charge is 0.396 e. The van der Waals surface area contributed by atoms with Crippen molar-refractivity contribution >= 4 is 0 Å². The van der Waals surface area contributed by atoms with E-state index in [9.17, 15) is 0 Å². The first-order valence-corrected chi connectivity index (χ1v) is 7.83. The lowest BCUT2D eigenvalue weighted by molar-refractivity contribution is 0.0825. The Balaban J connectivity index is 1.51. The number of piperazine rings is 1. The van der Waals surface area contributed by atoms with Gasteiger partial charge in [-0.15, -0.1) is 0 Å². The first-order chi connectivity index (χ1) is 8.78. The van der Waals surface area contributed by atoms with E-state index in [1.54, 1.807) is 0 Å². The summed E-state index contributed by atoms with van der Waals surface area (Å²) >= 11 is 0. The Morgan fingerprint density at radius 2 is 1.61 bits per heavy atom. The molecule has 1 saturated heterocycles. The van der Waals surface area contributed by atoms with Gasteiger partial charge in [-0.3, -0.25) is 0 Å². The van der Waals surface area contributed by atoms with Gasteiger partial charge in [0.2, 0.25) is 0 Å². The van der Waals surface area contributed by atoms with Crippen LogP contribution < -0.4 is 0 Å². The second-order valence-corrected chi connectivity index (χ2v) is 6.37. The lowest BCUT2D eigenvalue weighted by atomic mass is 9.76. The van der Waals surface area contributed by atoms with Gasteiger partial charge in [-0.2, -0.15) is 0 Å². The topological polar surface area (TPSA) is 26.7 Å². The fraction of sp³-hybridized carbons (Fsp3) is 1.00. The molecule has 1 saturated carbocycles. The minimum Gasteiger partial charge on any atom is -0.396 e. The molecule has 0 bridgehead atoms. The van der Waals surface area contributed by atoms with Crippen LogP contribution in [0, 0.1) is 11.8 Å². The monoisotopic (exact) mass is 254 g/mol. The fourth-order valence-electron chi connectivity index (χ4n) is 3.40. The molecule has 0 aromatic heterocycles. The molecule has 0 unspecified atom stereocenters. The van der Waals surface area contributed by atoms with E-state index in [1.807, 2.05) is 0 Å². The summed E-state index contributed by atoms with van der Waals surface area (Å²) in [6.45, 7) is 10.4. The summed E-state index contributed by atoms with van der Waals surface area (Å²) in [7, 11) is 0. The van der Waals surface area contributed by atoms with Gasteiger partial charge in [0, 0.05) is 39.3 Å². The summed E-state index contributed by atoms with van der Waals surface area (Å²) < 4.78 is 0. The Hall–Kier alpha value is -0.120. The van der Waals surface area contributed by atoms with E-state index in [-0.39, 0.29) is 0 Å². The van der Waals surface area contributed by atoms with Crippen molar-refractivity contribution in [1.82, 2.24) is 9.80 Å². The van der Waals surface area contributed by atoms with Gasteiger partial charge in [-0.05, 0) is 50.5 Å². The molecule has 1 aliphatic heterocycles. The maximum Gasteiger partial charge on any atom is 0.0431 e. The standard InChI is InChI=1S/C15H30N2O/c1-14-11-15(12-14)13-17-8-6-16(7-9-17)5-3-2-4-10-18/h14-15,18H,2-13H2,1H3/t14-,15-. The summed E-state index contributed by atoms with van der Waals surface area (Å²) in [5, 5.41) is 8.75. The molecule has 0 radical (unpaired) electrons. The number of nitrogens with zero attached hydrogens (tertiary/aromatic N) is 2. The SMILES string of the molecule is C[C@H]1C[C@H](CN2CCN(CCCCCO)CC2)C1. The number of hydrogen-bond donors (Lipinski definition) is 1. The Labute approximate surface area is 112 Å². The van der Waals surface area contributed by atoms with E-state index in [1.165, 1.54) is 65.0 Å². The quantitative estimate of drug-likeness (QED) is 0.702. The van der Waals surface area contributed by atoms with Gasteiger partial charge in [-0.1, -0.05) is 6.92 Å². The zero-order valence-corrected chi connectivity index (χ0v) is 12.0. The zero-order valence-electron chi connectivity index (χ0n) is 12.0. The zero-order chi connectivity index (χ0) is 12.8. The lowest BCUT2D eigenvalue weighted by Crippen LogP contribution is -2.49. The normalized spacial score (nSPS) is 30.3. The van der Waals surface area contributed by atoms with Crippen LogP contribution in [0.25, 0.3) is 0 Å². The number of hydrogen-bond acceptors (Lipinski definition) is 3. The van der Waals surface area contributed by atoms with E-state index in [0.717, 1.165) is 18.3 Å². The summed E-state index contributed by atoms with van der Waals surface area (Å²) in [6, 6.07) is 0. The lowest BCUT2D eigenvalue weighted by Gasteiger charge is -2.40. The summed E-state index contributed by atoms with van der Waals surface area (Å²) in [5.74, 6) is 1.99. The molecule has 2 rings (SSSR count). The molecule has 18 heavy (non-hydrogen) atoms. The van der Waals surface area contributed by atoms with Crippen LogP contribution in [0.2, 0.25) is 0 Å². The van der Waals surface area contributed by atoms with Crippen LogP contribution in [-0.2, 0) is 0 Å². The molecule has 0 amide bonds. The van der Waals surface area contributed by atoms with Gasteiger partial charge >= 0.3 is 0 Å². The van der Waals surface area contributed by atoms with Crippen LogP contribution in [0.5, 0.6) is 0 Å². The molecule has 2 fully saturated rings. The molecular formula is C15H30N2O. The van der Waals surface area contributed by atoms with Gasteiger partial charge in [-0.25, -0.2) is 0 Å². The van der Waals surface area contributed by atoms with Crippen LogP contribution in [-0.4, -0.2) is 60.8 Å². The summed E-state index contributed by atoms with van der Waals surface area (Å²) in [4.78, 5) is 5.26. The fourth-order valence-corrected chi connectivity index (χ4v) is 3.40. The maximum atomic E-state index is 8.75. The van der Waals surface area contributed by atoms with Crippen LogP contribution in [0.1, 0.15) is 39.0 Å². The Bertz CT molecular complexity index is 221. The average molecular weight is 254 g/mol. The van der Waals surface area contributed by atoms with Crippen LogP contribution in [0.3, 0.4) is 0 Å². The third kappa shape index (κ3) is 4.52. The Morgan fingerprint density at radius 3 is 2.22 bits per heavy atom. The molecule has 1 heterocycles. The molecule has 1 aliphatic carbocycles. The predicted molar refractivity (Wildman–Crippen MR) is 75.7 cm³/mol. The van der Waals surface area contributed by atoms with E-state index >= 15 is 0 Å². The molecule has 0 spiro atoms. The van der Waals surface area contributed by atoms with E-state index < -0.39 is 0 Å². The average Bonchev–Trinajstić information content (AvgIpc) is 2.35. The second kappa shape index (κ2) is 7.46. The van der Waals surface area contributed by atoms with Gasteiger partial charge < -0.3 is 14.9 Å². The molecule has 0 aromatic rings. The van der Waals surface area contributed by atoms with Crippen LogP contribution in [0.4, 0.5) is 0 Å². The van der Waals surface area contributed by atoms with Crippen molar-refractivity contribution in [2.75, 3.05) is 45.9 Å². The highest BCUT2D eigenvalue weighted by Gasteiger charge is 2.28. The predicted octanol–water partition coefficient (Wildman–Crippen LogP) is 1.81. The molecule has 0 aromatic carbocycles. The van der Waals surface area contributed by atoms with E-state index in [2.05, 4.69) is 16.7 Å². The highest BCUT2D eigenvalue weighted by molar-refractivity contribution is 4.81.